The fourth-order valence-electron chi connectivity index (χ4n) is 4.12. The molecule has 0 unspecified atom stereocenters. The van der Waals surface area contributed by atoms with Crippen LogP contribution in [-0.4, -0.2) is 67.8 Å². The third-order valence-corrected chi connectivity index (χ3v) is 6.68. The summed E-state index contributed by atoms with van der Waals surface area (Å²) >= 11 is 6.52. The molecule has 0 bridgehead atoms. The van der Waals surface area contributed by atoms with Gasteiger partial charge in [-0.25, -0.2) is 14.8 Å². The number of hydrogen-bond donors (Lipinski definition) is 3. The smallest absolute Gasteiger partial charge is 0.325 e. The zero-order valence-corrected chi connectivity index (χ0v) is 23.5. The summed E-state index contributed by atoms with van der Waals surface area (Å²) in [5, 5.41) is 18.1. The second-order valence-electron chi connectivity index (χ2n) is 9.01. The van der Waals surface area contributed by atoms with Crippen LogP contribution in [0.5, 0.6) is 5.75 Å². The number of halogens is 2. The number of nitriles is 1. The number of amides is 2. The molecule has 1 aromatic heterocycles. The first kappa shape index (κ1) is 29.9. The molecule has 39 heavy (non-hydrogen) atoms. The first-order valence-corrected chi connectivity index (χ1v) is 12.7. The van der Waals surface area contributed by atoms with Crippen molar-refractivity contribution >= 4 is 47.2 Å². The van der Waals surface area contributed by atoms with Crippen LogP contribution < -0.4 is 25.6 Å². The molecule has 0 radical (unpaired) electrons. The van der Waals surface area contributed by atoms with Crippen molar-refractivity contribution in [3.63, 3.8) is 0 Å². The van der Waals surface area contributed by atoms with E-state index in [9.17, 15) is 4.79 Å². The molecule has 4 rings (SSSR count). The molecule has 2 amide bonds. The average Bonchev–Trinajstić information content (AvgIpc) is 2.93. The number of benzene rings is 2. The molecule has 0 spiro atoms. The summed E-state index contributed by atoms with van der Waals surface area (Å²) < 4.78 is 5.47. The summed E-state index contributed by atoms with van der Waals surface area (Å²) in [5.74, 6) is 0.702. The lowest BCUT2D eigenvalue weighted by molar-refractivity contribution is 0.262. The van der Waals surface area contributed by atoms with Gasteiger partial charge < -0.3 is 25.2 Å². The van der Waals surface area contributed by atoms with E-state index in [-0.39, 0.29) is 23.9 Å². The number of likely N-dealkylation sites (N-methyl/N-ethyl adjacent to an activating group) is 1. The van der Waals surface area contributed by atoms with Gasteiger partial charge in [-0.15, -0.1) is 12.4 Å². The Morgan fingerprint density at radius 2 is 1.85 bits per heavy atom. The second kappa shape index (κ2) is 14.5. The molecule has 1 saturated heterocycles. The average molecular weight is 572 g/mol. The van der Waals surface area contributed by atoms with E-state index in [2.05, 4.69) is 67.0 Å². The van der Waals surface area contributed by atoms with E-state index in [0.29, 0.717) is 22.9 Å². The molecular weight excluding hydrogens is 539 g/mol. The van der Waals surface area contributed by atoms with Crippen molar-refractivity contribution < 1.29 is 9.53 Å². The Balaban J connectivity index is 0.00000420. The van der Waals surface area contributed by atoms with Crippen molar-refractivity contribution in [1.29, 1.82) is 5.26 Å². The van der Waals surface area contributed by atoms with Gasteiger partial charge in [-0.2, -0.15) is 5.26 Å². The third kappa shape index (κ3) is 8.43. The first-order valence-electron chi connectivity index (χ1n) is 12.3. The Kier molecular flexibility index (Phi) is 11.1. The van der Waals surface area contributed by atoms with Gasteiger partial charge in [-0.05, 0) is 55.4 Å². The highest BCUT2D eigenvalue weighted by Crippen LogP contribution is 2.31. The van der Waals surface area contributed by atoms with Crippen LogP contribution in [0.2, 0.25) is 5.02 Å². The fraction of sp³-hybridized carbons (Fsp3) is 0.333. The number of aromatic nitrogens is 2. The Labute approximate surface area is 239 Å². The summed E-state index contributed by atoms with van der Waals surface area (Å²) in [7, 11) is 3.70. The van der Waals surface area contributed by atoms with Gasteiger partial charge in [0.2, 0.25) is 0 Å². The summed E-state index contributed by atoms with van der Waals surface area (Å²) in [6.45, 7) is 5.79. The lowest BCUT2D eigenvalue weighted by Crippen LogP contribution is -2.44. The minimum absolute atomic E-state index is 0. The Hall–Kier alpha value is -3.62. The second-order valence-corrected chi connectivity index (χ2v) is 9.41. The number of hydrogen-bond acceptors (Lipinski definition) is 8. The molecule has 1 fully saturated rings. The predicted molar refractivity (Wildman–Crippen MR) is 156 cm³/mol. The van der Waals surface area contributed by atoms with Crippen molar-refractivity contribution in [1.82, 2.24) is 20.2 Å². The van der Waals surface area contributed by atoms with E-state index in [1.807, 2.05) is 12.1 Å². The highest BCUT2D eigenvalue weighted by molar-refractivity contribution is 6.31. The molecule has 12 heteroatoms. The molecule has 0 saturated carbocycles. The highest BCUT2D eigenvalue weighted by Gasteiger charge is 2.15. The highest BCUT2D eigenvalue weighted by atomic mass is 35.5. The van der Waals surface area contributed by atoms with Gasteiger partial charge in [-0.1, -0.05) is 23.7 Å². The van der Waals surface area contributed by atoms with Crippen LogP contribution in [0.1, 0.15) is 16.8 Å². The minimum atomic E-state index is -0.536. The number of rotatable bonds is 9. The number of nitrogens with zero attached hydrogens (tertiary/aromatic N) is 5. The van der Waals surface area contributed by atoms with Gasteiger partial charge in [0, 0.05) is 43.4 Å². The van der Waals surface area contributed by atoms with Gasteiger partial charge in [-0.3, -0.25) is 5.32 Å². The zero-order chi connectivity index (χ0) is 26.9. The van der Waals surface area contributed by atoms with Crippen LogP contribution in [-0.2, 0) is 13.0 Å². The molecule has 10 nitrogen and oxygen atoms in total. The maximum atomic E-state index is 12.4. The van der Waals surface area contributed by atoms with Crippen LogP contribution >= 0.6 is 24.0 Å². The van der Waals surface area contributed by atoms with Crippen molar-refractivity contribution in [3.05, 3.63) is 70.6 Å². The molecule has 206 valence electrons. The topological polar surface area (TPSA) is 118 Å². The number of carbonyl (C=O) groups is 1. The van der Waals surface area contributed by atoms with E-state index in [1.165, 1.54) is 30.8 Å². The third-order valence-electron chi connectivity index (χ3n) is 6.33. The van der Waals surface area contributed by atoms with Gasteiger partial charge in [0.15, 0.2) is 11.5 Å². The zero-order valence-electron chi connectivity index (χ0n) is 21.9. The summed E-state index contributed by atoms with van der Waals surface area (Å²) in [4.78, 5) is 25.0. The van der Waals surface area contributed by atoms with Crippen LogP contribution in [0.3, 0.4) is 0 Å². The number of nitrogens with one attached hydrogen (secondary N) is 3. The van der Waals surface area contributed by atoms with E-state index in [1.54, 1.807) is 6.07 Å². The van der Waals surface area contributed by atoms with Crippen molar-refractivity contribution in [2.75, 3.05) is 62.4 Å². The molecule has 3 N–H and O–H groups in total. The van der Waals surface area contributed by atoms with E-state index in [4.69, 9.17) is 21.6 Å². The molecular formula is C27H32Cl2N8O2. The quantitative estimate of drug-likeness (QED) is 0.328. The predicted octanol–water partition coefficient (Wildman–Crippen LogP) is 4.16. The maximum absolute atomic E-state index is 12.4. The number of piperazine rings is 1. The lowest BCUT2D eigenvalue weighted by atomic mass is 10.1. The molecule has 1 aliphatic rings. The molecule has 0 atom stereocenters. The van der Waals surface area contributed by atoms with Crippen LogP contribution in [0.15, 0.2) is 48.8 Å². The largest absolute Gasteiger partial charge is 0.495 e. The molecule has 1 aliphatic heterocycles. The van der Waals surface area contributed by atoms with Gasteiger partial charge >= 0.3 is 6.03 Å². The van der Waals surface area contributed by atoms with Gasteiger partial charge in [0.1, 0.15) is 11.8 Å². The number of methoxy groups -OCH3 is 1. The number of urea groups is 1. The van der Waals surface area contributed by atoms with E-state index >= 15 is 0 Å². The number of carbonyl (C=O) groups excluding carboxylic acids is 1. The number of anilines is 3. The lowest BCUT2D eigenvalue weighted by Gasteiger charge is -2.34. The molecule has 2 heterocycles. The molecule has 3 aromatic rings. The van der Waals surface area contributed by atoms with Crippen molar-refractivity contribution in [3.8, 4) is 11.8 Å². The van der Waals surface area contributed by atoms with E-state index < -0.39 is 6.03 Å². The van der Waals surface area contributed by atoms with Crippen LogP contribution in [0.25, 0.3) is 0 Å². The Morgan fingerprint density at radius 3 is 2.49 bits per heavy atom. The van der Waals surface area contributed by atoms with Crippen molar-refractivity contribution in [2.24, 2.45) is 0 Å². The monoisotopic (exact) mass is 570 g/mol. The summed E-state index contributed by atoms with van der Waals surface area (Å²) in [5.41, 5.74) is 3.99. The van der Waals surface area contributed by atoms with Crippen LogP contribution in [0.4, 0.5) is 22.0 Å². The van der Waals surface area contributed by atoms with Gasteiger partial charge in [0.05, 0.1) is 25.2 Å². The fourth-order valence-corrected chi connectivity index (χ4v) is 4.38. The Morgan fingerprint density at radius 1 is 1.10 bits per heavy atom. The van der Waals surface area contributed by atoms with Gasteiger partial charge in [0.25, 0.3) is 0 Å². The summed E-state index contributed by atoms with van der Waals surface area (Å²) in [6.07, 6.45) is 3.28. The Bertz CT molecular complexity index is 1270. The minimum Gasteiger partial charge on any atom is -0.495 e. The number of ether oxygens (including phenoxy) is 1. The van der Waals surface area contributed by atoms with Crippen LogP contribution in [0, 0.1) is 11.3 Å². The SMILES string of the molecule is COc1cc(CCNCc2ccc(N3CCN(C)CC3)cc2)c(Cl)cc1NC(=O)Nc1cnc(C#N)cn1.Cl. The molecule has 2 aromatic carbocycles. The summed E-state index contributed by atoms with van der Waals surface area (Å²) in [6, 6.07) is 13.6. The normalized spacial score (nSPS) is 13.2. The maximum Gasteiger partial charge on any atom is 0.325 e. The standard InChI is InChI=1S/C27H31ClN8O2.ClH/c1-35-9-11-36(12-10-35)22-5-3-19(4-6-22)16-30-8-7-20-13-25(38-2)24(14-23(20)28)33-27(37)34-26-18-31-21(15-29)17-32-26;/h3-6,13-14,17-18,30H,7-12,16H2,1-2H3,(H2,32,33,34,37);1H. The van der Waals surface area contributed by atoms with E-state index in [0.717, 1.165) is 44.8 Å². The molecule has 0 aliphatic carbocycles. The van der Waals surface area contributed by atoms with Crippen molar-refractivity contribution in [2.45, 2.75) is 13.0 Å². The first-order chi connectivity index (χ1) is 18.4.